The first kappa shape index (κ1) is 19.4. The normalized spacial score (nSPS) is 18.3. The second-order valence-electron chi connectivity index (χ2n) is 6.00. The van der Waals surface area contributed by atoms with Crippen molar-refractivity contribution in [2.24, 2.45) is 5.92 Å². The van der Waals surface area contributed by atoms with Crippen LogP contribution in [0.15, 0.2) is 28.7 Å². The fourth-order valence-corrected chi connectivity index (χ4v) is 3.59. The summed E-state index contributed by atoms with van der Waals surface area (Å²) in [5.74, 6) is -0.319. The Balaban J connectivity index is 2.19. The van der Waals surface area contributed by atoms with Gasteiger partial charge in [-0.25, -0.2) is 0 Å². The van der Waals surface area contributed by atoms with Crippen LogP contribution in [-0.2, 0) is 9.53 Å². The molecule has 0 spiro atoms. The number of benzene rings is 1. The highest BCUT2D eigenvalue weighted by atomic mass is 79.9. The number of halogens is 4. The molecule has 2 nitrogen and oxygen atoms in total. The van der Waals surface area contributed by atoms with E-state index in [2.05, 4.69) is 15.9 Å². The Morgan fingerprint density at radius 3 is 2.22 bits per heavy atom. The van der Waals surface area contributed by atoms with Crippen LogP contribution in [0, 0.1) is 5.92 Å². The maximum absolute atomic E-state index is 12.7. The monoisotopic (exact) mass is 440 g/mol. The minimum absolute atomic E-state index is 0.226. The fourth-order valence-electron chi connectivity index (χ4n) is 3.16. The van der Waals surface area contributed by atoms with Gasteiger partial charge in [-0.2, -0.15) is 0 Å². The van der Waals surface area contributed by atoms with Gasteiger partial charge < -0.3 is 4.74 Å². The van der Waals surface area contributed by atoms with Gasteiger partial charge in [0, 0.05) is 4.47 Å². The van der Waals surface area contributed by atoms with Crippen molar-refractivity contribution in [3.8, 4) is 0 Å². The molecule has 128 valence electrons. The summed E-state index contributed by atoms with van der Waals surface area (Å²) < 4.78 is 4.70. The van der Waals surface area contributed by atoms with Gasteiger partial charge in [-0.15, -0.1) is 0 Å². The van der Waals surface area contributed by atoms with Crippen LogP contribution in [0.25, 0.3) is 0 Å². The first-order valence-corrected chi connectivity index (χ1v) is 9.78. The molecule has 1 fully saturated rings. The molecule has 0 aromatic heterocycles. The van der Waals surface area contributed by atoms with Crippen LogP contribution in [0.1, 0.15) is 50.0 Å². The second-order valence-corrected chi connectivity index (χ2v) is 9.44. The van der Waals surface area contributed by atoms with Gasteiger partial charge in [0.15, 0.2) is 0 Å². The van der Waals surface area contributed by atoms with E-state index >= 15 is 0 Å². The first-order valence-electron chi connectivity index (χ1n) is 7.85. The number of hydrogen-bond donors (Lipinski definition) is 0. The molecule has 0 amide bonds. The summed E-state index contributed by atoms with van der Waals surface area (Å²) in [6.07, 6.45) is 6.82. The van der Waals surface area contributed by atoms with Crippen LogP contribution >= 0.6 is 50.7 Å². The zero-order chi connectivity index (χ0) is 16.9. The van der Waals surface area contributed by atoms with Crippen molar-refractivity contribution in [2.45, 2.75) is 48.2 Å². The van der Waals surface area contributed by atoms with Crippen LogP contribution in [0.2, 0.25) is 0 Å². The largest absolute Gasteiger partial charge is 0.461 e. The highest BCUT2D eigenvalue weighted by Gasteiger charge is 2.33. The Kier molecular flexibility index (Phi) is 7.53. The molecule has 0 heterocycles. The molecule has 1 aliphatic carbocycles. The van der Waals surface area contributed by atoms with Gasteiger partial charge in [-0.1, -0.05) is 88.5 Å². The summed E-state index contributed by atoms with van der Waals surface area (Å²) in [4.78, 5) is 12.7. The van der Waals surface area contributed by atoms with E-state index in [4.69, 9.17) is 39.5 Å². The molecule has 0 radical (unpaired) electrons. The maximum Gasteiger partial charge on any atom is 0.313 e. The molecule has 1 aromatic rings. The number of rotatable bonds is 4. The average Bonchev–Trinajstić information content (AvgIpc) is 2.76. The molecular weight excluding hydrogens is 422 g/mol. The molecule has 0 bridgehead atoms. The molecule has 0 saturated heterocycles. The summed E-state index contributed by atoms with van der Waals surface area (Å²) in [5.41, 5.74) is 0.967. The summed E-state index contributed by atoms with van der Waals surface area (Å²) in [6.45, 7) is -0.226. The van der Waals surface area contributed by atoms with Crippen LogP contribution in [0.5, 0.6) is 0 Å². The number of carbonyl (C=O) groups is 1. The van der Waals surface area contributed by atoms with Gasteiger partial charge in [-0.3, -0.25) is 4.79 Å². The Labute approximate surface area is 160 Å². The van der Waals surface area contributed by atoms with Crippen molar-refractivity contribution in [1.29, 1.82) is 0 Å². The van der Waals surface area contributed by atoms with Crippen molar-refractivity contribution in [1.82, 2.24) is 0 Å². The Morgan fingerprint density at radius 1 is 1.13 bits per heavy atom. The molecule has 6 heteroatoms. The van der Waals surface area contributed by atoms with Crippen molar-refractivity contribution in [3.05, 3.63) is 34.3 Å². The van der Waals surface area contributed by atoms with Crippen molar-refractivity contribution < 1.29 is 9.53 Å². The smallest absolute Gasteiger partial charge is 0.313 e. The lowest BCUT2D eigenvalue weighted by Crippen LogP contribution is -2.27. The zero-order valence-corrected chi connectivity index (χ0v) is 16.6. The van der Waals surface area contributed by atoms with E-state index < -0.39 is 3.79 Å². The average molecular weight is 443 g/mol. The van der Waals surface area contributed by atoms with Crippen LogP contribution in [-0.4, -0.2) is 16.4 Å². The summed E-state index contributed by atoms with van der Waals surface area (Å²) in [5, 5.41) is 0. The van der Waals surface area contributed by atoms with Gasteiger partial charge in [0.1, 0.15) is 6.61 Å². The third kappa shape index (κ3) is 6.45. The van der Waals surface area contributed by atoms with E-state index in [1.165, 1.54) is 12.8 Å². The lowest BCUT2D eigenvalue weighted by Gasteiger charge is -2.26. The lowest BCUT2D eigenvalue weighted by molar-refractivity contribution is -0.147. The maximum atomic E-state index is 12.7. The third-order valence-corrected chi connectivity index (χ3v) is 5.09. The minimum atomic E-state index is -1.58. The van der Waals surface area contributed by atoms with Crippen LogP contribution < -0.4 is 0 Å². The lowest BCUT2D eigenvalue weighted by atomic mass is 9.81. The van der Waals surface area contributed by atoms with E-state index in [0.717, 1.165) is 35.7 Å². The molecule has 1 aromatic carbocycles. The van der Waals surface area contributed by atoms with E-state index in [0.29, 0.717) is 0 Å². The number of ether oxygens (including phenoxy) is 1. The molecule has 0 unspecified atom stereocenters. The van der Waals surface area contributed by atoms with E-state index in [1.807, 2.05) is 24.3 Å². The molecule has 1 aliphatic rings. The predicted octanol–water partition coefficient (Wildman–Crippen LogP) is 6.42. The first-order chi connectivity index (χ1) is 10.9. The number of carbonyl (C=O) groups excluding carboxylic acids is 1. The van der Waals surface area contributed by atoms with E-state index in [9.17, 15) is 4.79 Å². The SMILES string of the molecule is O=C(OCC(Cl)(Cl)Cl)[C@@H](c1ccc(Br)cc1)C1CCCCCC1. The number of esters is 1. The van der Waals surface area contributed by atoms with Crippen molar-refractivity contribution in [2.75, 3.05) is 6.61 Å². The van der Waals surface area contributed by atoms with Crippen LogP contribution in [0.4, 0.5) is 0 Å². The zero-order valence-electron chi connectivity index (χ0n) is 12.7. The van der Waals surface area contributed by atoms with Gasteiger partial charge in [0.05, 0.1) is 5.92 Å². The van der Waals surface area contributed by atoms with E-state index in [-0.39, 0.29) is 24.4 Å². The third-order valence-electron chi connectivity index (χ3n) is 4.23. The molecule has 1 atom stereocenters. The quantitative estimate of drug-likeness (QED) is 0.306. The molecule has 0 aliphatic heterocycles. The standard InChI is InChI=1S/C17H20BrCl3O2/c18-14-9-7-13(8-10-14)15(12-5-3-1-2-4-6-12)16(22)23-11-17(19,20)21/h7-10,12,15H,1-6,11H2/t15-/m1/s1. The highest BCUT2D eigenvalue weighted by molar-refractivity contribution is 9.10. The Bertz CT molecular complexity index is 506. The molecule has 1 saturated carbocycles. The number of alkyl halides is 3. The van der Waals surface area contributed by atoms with Crippen LogP contribution in [0.3, 0.4) is 0 Å². The molecule has 23 heavy (non-hydrogen) atoms. The Hall–Kier alpha value is 0.0400. The minimum Gasteiger partial charge on any atom is -0.461 e. The number of hydrogen-bond acceptors (Lipinski definition) is 2. The highest BCUT2D eigenvalue weighted by Crippen LogP contribution is 2.37. The summed E-state index contributed by atoms with van der Waals surface area (Å²) >= 11 is 20.6. The molecule has 0 N–H and O–H groups in total. The van der Waals surface area contributed by atoms with Gasteiger partial charge in [0.25, 0.3) is 0 Å². The van der Waals surface area contributed by atoms with Gasteiger partial charge in [0.2, 0.25) is 3.79 Å². The predicted molar refractivity (Wildman–Crippen MR) is 99.3 cm³/mol. The summed E-state index contributed by atoms with van der Waals surface area (Å²) in [7, 11) is 0. The Morgan fingerprint density at radius 2 is 1.70 bits per heavy atom. The second kappa shape index (κ2) is 8.94. The van der Waals surface area contributed by atoms with Crippen molar-refractivity contribution >= 4 is 56.7 Å². The van der Waals surface area contributed by atoms with E-state index in [1.54, 1.807) is 0 Å². The molecule has 2 rings (SSSR count). The van der Waals surface area contributed by atoms with Gasteiger partial charge >= 0.3 is 5.97 Å². The topological polar surface area (TPSA) is 26.3 Å². The fraction of sp³-hybridized carbons (Fsp3) is 0.588. The molecular formula is C17H20BrCl3O2. The van der Waals surface area contributed by atoms with Gasteiger partial charge in [-0.05, 0) is 36.5 Å². The summed E-state index contributed by atoms with van der Waals surface area (Å²) in [6, 6.07) is 7.83. The van der Waals surface area contributed by atoms with Crippen molar-refractivity contribution in [3.63, 3.8) is 0 Å².